The predicted octanol–water partition coefficient (Wildman–Crippen LogP) is -0.414. The van der Waals surface area contributed by atoms with Gasteiger partial charge < -0.3 is 15.8 Å². The minimum absolute atomic E-state index is 0.0594. The molecule has 1 atom stereocenters. The van der Waals surface area contributed by atoms with Crippen LogP contribution in [0, 0.1) is 0 Å². The quantitative estimate of drug-likeness (QED) is 0.651. The molecule has 96 valence electrons. The highest BCUT2D eigenvalue weighted by atomic mass is 16.5. The van der Waals surface area contributed by atoms with Crippen LogP contribution in [0.1, 0.15) is 13.8 Å². The van der Waals surface area contributed by atoms with Crippen molar-refractivity contribution in [2.45, 2.75) is 26.5 Å². The van der Waals surface area contributed by atoms with Crippen LogP contribution in [-0.2, 0) is 11.3 Å². The Bertz CT molecular complexity index is 491. The lowest BCUT2D eigenvalue weighted by atomic mass is 10.3. The number of aromatic nitrogens is 2. The molecule has 0 aromatic carbocycles. The van der Waals surface area contributed by atoms with Gasteiger partial charge in [-0.25, -0.2) is 4.79 Å². The highest BCUT2D eigenvalue weighted by Crippen LogP contribution is 2.09. The van der Waals surface area contributed by atoms with Gasteiger partial charge in [0.15, 0.2) is 0 Å². The molecule has 1 heterocycles. The molecule has 1 aromatic heterocycles. The molecule has 7 heteroatoms. The number of nitrogens with zero attached hydrogens (tertiary/aromatic N) is 1. The van der Waals surface area contributed by atoms with Gasteiger partial charge in [0.25, 0.3) is 5.56 Å². The van der Waals surface area contributed by atoms with E-state index >= 15 is 0 Å². The number of nitrogens with one attached hydrogen (secondary N) is 2. The molecule has 0 aliphatic carbocycles. The second-order valence-corrected chi connectivity index (χ2v) is 3.69. The van der Waals surface area contributed by atoms with Crippen LogP contribution in [0.15, 0.2) is 9.59 Å². The first kappa shape index (κ1) is 13.3. The molecule has 0 saturated heterocycles. The van der Waals surface area contributed by atoms with Crippen molar-refractivity contribution in [2.75, 3.05) is 24.7 Å². The summed E-state index contributed by atoms with van der Waals surface area (Å²) in [5.41, 5.74) is 4.95. The first-order valence-corrected chi connectivity index (χ1v) is 5.40. The molecule has 4 N–H and O–H groups in total. The summed E-state index contributed by atoms with van der Waals surface area (Å²) in [5.74, 6) is 0.143. The van der Waals surface area contributed by atoms with Gasteiger partial charge in [-0.15, -0.1) is 0 Å². The van der Waals surface area contributed by atoms with Crippen LogP contribution in [0.25, 0.3) is 0 Å². The summed E-state index contributed by atoms with van der Waals surface area (Å²) in [6, 6.07) is 0. The molecule has 1 aromatic rings. The second kappa shape index (κ2) is 5.53. The Morgan fingerprint density at radius 2 is 2.18 bits per heavy atom. The minimum atomic E-state index is -0.513. The number of ether oxygens (including phenoxy) is 1. The van der Waals surface area contributed by atoms with Crippen LogP contribution in [0.4, 0.5) is 11.5 Å². The van der Waals surface area contributed by atoms with Gasteiger partial charge in [0.05, 0.1) is 6.10 Å². The van der Waals surface area contributed by atoms with Gasteiger partial charge in [0, 0.05) is 20.2 Å². The third-order valence-corrected chi connectivity index (χ3v) is 2.52. The van der Waals surface area contributed by atoms with Crippen molar-refractivity contribution in [3.05, 3.63) is 20.8 Å². The monoisotopic (exact) mass is 242 g/mol. The van der Waals surface area contributed by atoms with Crippen molar-refractivity contribution < 1.29 is 4.74 Å². The number of methoxy groups -OCH3 is 1. The molecule has 1 rings (SSSR count). The average molecular weight is 242 g/mol. The van der Waals surface area contributed by atoms with Crippen molar-refractivity contribution in [3.63, 3.8) is 0 Å². The zero-order chi connectivity index (χ0) is 13.0. The number of rotatable bonds is 5. The van der Waals surface area contributed by atoms with E-state index < -0.39 is 11.2 Å². The van der Waals surface area contributed by atoms with Gasteiger partial charge in [-0.05, 0) is 13.8 Å². The molecular weight excluding hydrogens is 224 g/mol. The van der Waals surface area contributed by atoms with E-state index in [0.717, 1.165) is 0 Å². The lowest BCUT2D eigenvalue weighted by molar-refractivity contribution is 0.129. The predicted molar refractivity (Wildman–Crippen MR) is 66.4 cm³/mol. The fourth-order valence-corrected chi connectivity index (χ4v) is 1.40. The largest absolute Gasteiger partial charge is 0.383 e. The molecule has 0 fully saturated rings. The standard InChI is InChI=1S/C10H18N4O3/c1-4-14-8(11)7(9(15)13-10(14)16)12-5-6(2)17-3/h6,12H,4-5,11H2,1-3H3,(H,13,15,16). The van der Waals surface area contributed by atoms with Crippen molar-refractivity contribution in [3.8, 4) is 0 Å². The molecule has 0 aliphatic rings. The Balaban J connectivity index is 3.07. The first-order chi connectivity index (χ1) is 8.01. The van der Waals surface area contributed by atoms with Gasteiger partial charge >= 0.3 is 5.69 Å². The maximum absolute atomic E-state index is 11.6. The zero-order valence-corrected chi connectivity index (χ0v) is 10.2. The summed E-state index contributed by atoms with van der Waals surface area (Å²) in [5, 5.41) is 2.88. The highest BCUT2D eigenvalue weighted by molar-refractivity contribution is 5.60. The number of nitrogens with two attached hydrogens (primary N) is 1. The van der Waals surface area contributed by atoms with Gasteiger partial charge in [0.1, 0.15) is 11.5 Å². The van der Waals surface area contributed by atoms with Gasteiger partial charge in [-0.1, -0.05) is 0 Å². The van der Waals surface area contributed by atoms with Crippen LogP contribution in [0.3, 0.4) is 0 Å². The smallest absolute Gasteiger partial charge is 0.330 e. The van der Waals surface area contributed by atoms with E-state index in [4.69, 9.17) is 10.5 Å². The third-order valence-electron chi connectivity index (χ3n) is 2.52. The molecule has 7 nitrogen and oxygen atoms in total. The van der Waals surface area contributed by atoms with Crippen molar-refractivity contribution in [1.29, 1.82) is 0 Å². The summed E-state index contributed by atoms with van der Waals surface area (Å²) in [6.45, 7) is 4.46. The van der Waals surface area contributed by atoms with E-state index in [0.29, 0.717) is 13.1 Å². The fourth-order valence-electron chi connectivity index (χ4n) is 1.40. The summed E-state index contributed by atoms with van der Waals surface area (Å²) < 4.78 is 6.34. The van der Waals surface area contributed by atoms with Crippen LogP contribution in [0.2, 0.25) is 0 Å². The zero-order valence-electron chi connectivity index (χ0n) is 10.2. The third kappa shape index (κ3) is 2.88. The van der Waals surface area contributed by atoms with E-state index in [1.807, 2.05) is 6.92 Å². The SMILES string of the molecule is CCn1c(N)c(NCC(C)OC)c(=O)[nH]c1=O. The molecule has 0 aliphatic heterocycles. The molecule has 0 saturated carbocycles. The van der Waals surface area contributed by atoms with Crippen molar-refractivity contribution in [1.82, 2.24) is 9.55 Å². The van der Waals surface area contributed by atoms with E-state index in [2.05, 4.69) is 10.3 Å². The van der Waals surface area contributed by atoms with Crippen LogP contribution in [0.5, 0.6) is 0 Å². The maximum atomic E-state index is 11.6. The Labute approximate surface area is 98.6 Å². The van der Waals surface area contributed by atoms with E-state index in [1.54, 1.807) is 14.0 Å². The fraction of sp³-hybridized carbons (Fsp3) is 0.600. The Hall–Kier alpha value is -1.76. The number of hydrogen-bond acceptors (Lipinski definition) is 5. The lowest BCUT2D eigenvalue weighted by Gasteiger charge is -2.14. The van der Waals surface area contributed by atoms with Gasteiger partial charge in [0.2, 0.25) is 0 Å². The molecule has 0 spiro atoms. The van der Waals surface area contributed by atoms with E-state index in [1.165, 1.54) is 4.57 Å². The first-order valence-electron chi connectivity index (χ1n) is 5.40. The number of anilines is 2. The highest BCUT2D eigenvalue weighted by Gasteiger charge is 2.11. The molecular formula is C10H18N4O3. The molecule has 0 amide bonds. The molecule has 0 radical (unpaired) electrons. The number of hydrogen-bond donors (Lipinski definition) is 3. The Kier molecular flexibility index (Phi) is 4.33. The van der Waals surface area contributed by atoms with E-state index in [9.17, 15) is 9.59 Å². The number of aromatic amines is 1. The van der Waals surface area contributed by atoms with Gasteiger partial charge in [-0.2, -0.15) is 0 Å². The van der Waals surface area contributed by atoms with E-state index in [-0.39, 0.29) is 17.6 Å². The molecule has 17 heavy (non-hydrogen) atoms. The number of nitrogen functional groups attached to an aromatic ring is 1. The van der Waals surface area contributed by atoms with Crippen LogP contribution < -0.4 is 22.3 Å². The maximum Gasteiger partial charge on any atom is 0.330 e. The summed E-state index contributed by atoms with van der Waals surface area (Å²) in [6.07, 6.45) is -0.0594. The van der Waals surface area contributed by atoms with Crippen LogP contribution in [-0.4, -0.2) is 29.3 Å². The lowest BCUT2D eigenvalue weighted by Crippen LogP contribution is -2.34. The summed E-state index contributed by atoms with van der Waals surface area (Å²) >= 11 is 0. The second-order valence-electron chi connectivity index (χ2n) is 3.69. The normalized spacial score (nSPS) is 12.4. The summed E-state index contributed by atoms with van der Waals surface area (Å²) in [4.78, 5) is 25.2. The van der Waals surface area contributed by atoms with Gasteiger partial charge in [-0.3, -0.25) is 14.3 Å². The van der Waals surface area contributed by atoms with Crippen LogP contribution >= 0.6 is 0 Å². The average Bonchev–Trinajstić information content (AvgIpc) is 2.28. The minimum Gasteiger partial charge on any atom is -0.383 e. The van der Waals surface area contributed by atoms with Crippen molar-refractivity contribution in [2.24, 2.45) is 0 Å². The Morgan fingerprint density at radius 1 is 1.53 bits per heavy atom. The molecule has 1 unspecified atom stereocenters. The van der Waals surface area contributed by atoms with Crippen molar-refractivity contribution >= 4 is 11.5 Å². The topological polar surface area (TPSA) is 102 Å². The number of H-pyrrole nitrogens is 1. The Morgan fingerprint density at radius 3 is 2.71 bits per heavy atom. The summed E-state index contributed by atoms with van der Waals surface area (Å²) in [7, 11) is 1.58. The molecule has 0 bridgehead atoms.